The van der Waals surface area contributed by atoms with Crippen LogP contribution in [0.4, 0.5) is 4.79 Å². The summed E-state index contributed by atoms with van der Waals surface area (Å²) in [6, 6.07) is 37.9. The summed E-state index contributed by atoms with van der Waals surface area (Å²) >= 11 is 0. The summed E-state index contributed by atoms with van der Waals surface area (Å²) in [7, 11) is -30.1. The molecule has 0 unspecified atom stereocenters. The number of carbonyl (C=O) groups is 1. The molecule has 21 aliphatic heterocycles. The fourth-order valence-electron chi connectivity index (χ4n) is 16.9. The Balaban J connectivity index is 0.846. The van der Waals surface area contributed by atoms with Crippen LogP contribution < -0.4 is 5.32 Å². The molecule has 55 heteroatoms. The minimum atomic E-state index is -5.02. The van der Waals surface area contributed by atoms with E-state index in [4.69, 9.17) is 96.2 Å². The smallest absolute Gasteiger partial charge is 0.407 e. The van der Waals surface area contributed by atoms with Crippen LogP contribution in [0.2, 0.25) is 0 Å². The fraction of sp³-hybridized carbons (Fsp3) is 0.533. The summed E-state index contributed by atoms with van der Waals surface area (Å²) in [6.07, 6.45) is -88.9. The van der Waals surface area contributed by atoms with Crippen molar-refractivity contribution in [2.75, 3.05) is 46.2 Å². The largest absolute Gasteiger partial charge is 0.445 e. The lowest BCUT2D eigenvalue weighted by Gasteiger charge is -2.50. The number of hydrogen-bond acceptors (Lipinski definition) is 48. The number of amides is 1. The highest BCUT2D eigenvalue weighted by Gasteiger charge is 2.61. The van der Waals surface area contributed by atoms with Gasteiger partial charge in [-0.1, -0.05) is 137 Å². The molecule has 28 rings (SSSR count). The van der Waals surface area contributed by atoms with E-state index in [1.165, 1.54) is 72.8 Å². The molecule has 35 atom stereocenters. The zero-order chi connectivity index (χ0) is 106. The molecule has 0 aromatic heterocycles. The van der Waals surface area contributed by atoms with Crippen LogP contribution in [-0.2, 0) is 163 Å². The standard InChI is InChI=1S/C92H113NO48S6/c1-44-12-24-51(25-13-44)142(109,110)122-38-58-79-66(96)73(103)87(130-58)138-81-60(40-124-144(113,114)53-28-16-46(3)17-29-53)132-89(75(105)68(81)98)140-83-62(42-126-146(117,118)55-32-20-48(5)21-33-55)134-91(77(107)70(83)100)141-84-63(43-127-147(119,120)56-34-22-49(6)23-35-56)133-90(76(106)69(84)99)139-82-61(41-125-145(115,116)54-30-18-47(4)19-31-54)131-88(74(104)67(82)97)137-80-59(39-123-143(111,112)52-26-14-45(2)15-27-52)129-86(72(102)65(80)95)135-78-57(128-85(136-79)71(101)64(78)94)36-93-92(108)121-37-50-10-8-7-9-11-50/h7-35,57-91,94-107H,36-43H2,1-6H3,(H,93,108)/t57-,58-,59-,60-,61-,62-,63-,64-,65-,66-,67-,68-,69-,70-,71-,72-,73+,74-,75+,76-,77-,78-,79-,80-,81-,82-,83-,84-,85-,86-,87-,88-,89-,90-,91-/m1/s1. The van der Waals surface area contributed by atoms with Crippen LogP contribution in [0.3, 0.4) is 0 Å². The number of aryl methyl sites for hydroxylation is 6. The van der Waals surface area contributed by atoms with Crippen molar-refractivity contribution in [3.63, 3.8) is 0 Å². The van der Waals surface area contributed by atoms with Gasteiger partial charge in [0.15, 0.2) is 44.0 Å². The van der Waals surface area contributed by atoms with E-state index in [9.17, 15) is 127 Å². The maximum absolute atomic E-state index is 14.3. The van der Waals surface area contributed by atoms with Crippen molar-refractivity contribution in [1.82, 2.24) is 5.32 Å². The Bertz CT molecular complexity index is 6020. The molecule has 15 N–H and O–H groups in total. The van der Waals surface area contributed by atoms with Crippen LogP contribution in [0.1, 0.15) is 38.9 Å². The number of carbonyl (C=O) groups excluding carboxylic acids is 1. The number of nitrogens with one attached hydrogen (secondary N) is 1. The Morgan fingerprint density at radius 3 is 0.571 bits per heavy atom. The molecule has 810 valence electrons. The van der Waals surface area contributed by atoms with Crippen molar-refractivity contribution < 1.29 is 223 Å². The van der Waals surface area contributed by atoms with Gasteiger partial charge in [-0.15, -0.1) is 0 Å². The highest BCUT2D eigenvalue weighted by molar-refractivity contribution is 7.88. The fourth-order valence-corrected chi connectivity index (χ4v) is 22.4. The van der Waals surface area contributed by atoms with Gasteiger partial charge in [-0.3, -0.25) is 25.1 Å². The van der Waals surface area contributed by atoms with Crippen molar-refractivity contribution in [1.29, 1.82) is 0 Å². The number of aliphatic hydroxyl groups is 14. The number of rotatable bonds is 28. The maximum Gasteiger partial charge on any atom is 0.407 e. The van der Waals surface area contributed by atoms with E-state index < -0.39 is 364 Å². The molecule has 21 fully saturated rings. The highest BCUT2D eigenvalue weighted by Crippen LogP contribution is 2.42. The van der Waals surface area contributed by atoms with Gasteiger partial charge in [-0.2, -0.15) is 50.5 Å². The third-order valence-electron chi connectivity index (χ3n) is 25.4. The first-order chi connectivity index (χ1) is 69.4. The molecule has 0 radical (unpaired) electrons. The summed E-state index contributed by atoms with van der Waals surface area (Å²) in [5.41, 5.74) is 3.77. The van der Waals surface area contributed by atoms with Gasteiger partial charge in [0.2, 0.25) is 0 Å². The second-order valence-electron chi connectivity index (χ2n) is 36.1. The third-order valence-corrected chi connectivity index (χ3v) is 33.1. The first kappa shape index (κ1) is 113. The van der Waals surface area contributed by atoms with E-state index in [0.717, 1.165) is 72.8 Å². The molecule has 14 bridgehead atoms. The van der Waals surface area contributed by atoms with Crippen LogP contribution in [0.5, 0.6) is 0 Å². The number of benzene rings is 7. The number of aliphatic hydroxyl groups excluding tert-OH is 14. The molecule has 147 heavy (non-hydrogen) atoms. The van der Waals surface area contributed by atoms with Crippen molar-refractivity contribution in [2.45, 2.75) is 292 Å². The Morgan fingerprint density at radius 2 is 0.395 bits per heavy atom. The predicted molar refractivity (Wildman–Crippen MR) is 489 cm³/mol. The van der Waals surface area contributed by atoms with Crippen LogP contribution in [0, 0.1) is 41.5 Å². The molecule has 1 amide bonds. The summed E-state index contributed by atoms with van der Waals surface area (Å²) in [5, 5.41) is 178. The lowest BCUT2D eigenvalue weighted by molar-refractivity contribution is -0.395. The minimum absolute atomic E-state index is 0.400. The number of hydrogen-bond donors (Lipinski definition) is 15. The second kappa shape index (κ2) is 47.4. The Kier molecular flexibility index (Phi) is 36.5. The van der Waals surface area contributed by atoms with Gasteiger partial charge in [0.1, 0.15) is 178 Å². The first-order valence-corrected chi connectivity index (χ1v) is 54.3. The van der Waals surface area contributed by atoms with E-state index in [1.54, 1.807) is 71.9 Å². The molecule has 21 aliphatic rings. The zero-order valence-corrected chi connectivity index (χ0v) is 83.6. The van der Waals surface area contributed by atoms with Gasteiger partial charge in [0, 0.05) is 6.54 Å². The van der Waals surface area contributed by atoms with Gasteiger partial charge in [0.05, 0.1) is 69.0 Å². The SMILES string of the molecule is Cc1ccc(S(=O)(=O)OC[C@H]2O[C@@H]3O[C@H]4[C@H](O)[C@@H](O)[C@@H](O[C@H]5[C@H](O)[C@@H](O)[C@@H](O[C@H]6[C@H](O)[C@@H](O)[C@@H](O[C@H]7[C@H](O)[C@@H](O)[C@@H](O[C@H]8[C@H](O)[C@@H](O)[C@@H](O[C@H]9[C@H](O)[C@H](O)[C@@H](O[C@H]2[C@H](O)[C@@H]3O)O[C@@H]9COS(=O)(=O)c2ccc(C)cc2)O[C@@H]8CNC(=O)OCc2ccccc2)O[C@@H]7COS(=O)(=O)c2ccc(C)cc2)O[C@@H]6COS(=O)(=O)c2ccc(C)cc2)O[C@@H]5COS(=O)(=O)c2ccc(C)cc2)O[C@@H]4COS(=O)(=O)c2ccc(C)cc2)cc1. The van der Waals surface area contributed by atoms with Crippen LogP contribution in [-0.4, -0.2) is 389 Å². The van der Waals surface area contributed by atoms with E-state index in [2.05, 4.69) is 5.32 Å². The molecule has 0 saturated carbocycles. The molecule has 49 nitrogen and oxygen atoms in total. The van der Waals surface area contributed by atoms with Crippen LogP contribution in [0.25, 0.3) is 0 Å². The zero-order valence-electron chi connectivity index (χ0n) is 78.7. The summed E-state index contributed by atoms with van der Waals surface area (Å²) in [5.74, 6) is 0. The highest BCUT2D eigenvalue weighted by atomic mass is 32.2. The van der Waals surface area contributed by atoms with Crippen LogP contribution >= 0.6 is 0 Å². The van der Waals surface area contributed by atoms with Crippen molar-refractivity contribution in [3.8, 4) is 0 Å². The van der Waals surface area contributed by atoms with Crippen molar-refractivity contribution in [2.24, 2.45) is 0 Å². The van der Waals surface area contributed by atoms with Crippen LogP contribution in [0.15, 0.2) is 205 Å². The number of alkyl carbamates (subject to hydrolysis) is 1. The normalized spacial score (nSPS) is 35.1. The van der Waals surface area contributed by atoms with Gasteiger partial charge < -0.3 is 148 Å². The molecule has 0 spiro atoms. The Hall–Kier alpha value is -7.85. The minimum Gasteiger partial charge on any atom is -0.445 e. The Labute approximate surface area is 843 Å². The van der Waals surface area contributed by atoms with Crippen molar-refractivity contribution >= 4 is 66.8 Å². The summed E-state index contributed by atoms with van der Waals surface area (Å²) in [6.45, 7) is 0.0685. The van der Waals surface area contributed by atoms with Gasteiger partial charge in [-0.25, -0.2) is 4.79 Å². The Morgan fingerprint density at radius 1 is 0.231 bits per heavy atom. The molecular formula is C92H113NO48S6. The molecular weight excluding hydrogens is 2080 g/mol. The van der Waals surface area contributed by atoms with Crippen molar-refractivity contribution in [3.05, 3.63) is 215 Å². The maximum atomic E-state index is 14.3. The average molecular weight is 2190 g/mol. The van der Waals surface area contributed by atoms with E-state index >= 15 is 0 Å². The number of ether oxygens (including phenoxy) is 15. The monoisotopic (exact) mass is 2190 g/mol. The van der Waals surface area contributed by atoms with E-state index in [0.29, 0.717) is 38.9 Å². The molecule has 21 heterocycles. The lowest BCUT2D eigenvalue weighted by Crippen LogP contribution is -2.68. The predicted octanol–water partition coefficient (Wildman–Crippen LogP) is -2.97. The van der Waals surface area contributed by atoms with Gasteiger partial charge in [-0.05, 0) is 120 Å². The first-order valence-electron chi connectivity index (χ1n) is 45.9. The average Bonchev–Trinajstić information content (AvgIpc) is 0.931. The summed E-state index contributed by atoms with van der Waals surface area (Å²) in [4.78, 5) is 10.7. The van der Waals surface area contributed by atoms with Gasteiger partial charge in [0.25, 0.3) is 60.7 Å². The topological polar surface area (TPSA) is 711 Å². The van der Waals surface area contributed by atoms with E-state index in [1.807, 2.05) is 0 Å². The molecule has 7 aromatic carbocycles. The van der Waals surface area contributed by atoms with E-state index in [-0.39, 0.29) is 0 Å². The molecule has 7 aromatic rings. The quantitative estimate of drug-likeness (QED) is 0.0218. The second-order valence-corrected chi connectivity index (χ2v) is 45.8. The summed E-state index contributed by atoms with van der Waals surface area (Å²) < 4.78 is 297. The van der Waals surface area contributed by atoms with Gasteiger partial charge >= 0.3 is 6.09 Å². The molecule has 21 saturated heterocycles. The molecule has 0 aliphatic carbocycles. The third kappa shape index (κ3) is 26.6. The lowest BCUT2D eigenvalue weighted by atomic mass is 9.95.